The van der Waals surface area contributed by atoms with Crippen molar-refractivity contribution >= 4 is 40.8 Å². The SMILES string of the molecule is O=C(NCCCc1ccc(Cl)c(Cl)c1)C1CN(Cc2nn[nH]n2)C(=O)C1=O. The third kappa shape index (κ3) is 4.61. The average Bonchev–Trinajstić information content (AvgIpc) is 3.25. The number of Topliss-reactive ketones (excluding diaryl/α,β-unsaturated/α-hetero) is 1. The quantitative estimate of drug-likeness (QED) is 0.395. The van der Waals surface area contributed by atoms with E-state index < -0.39 is 23.5 Å². The average molecular weight is 411 g/mol. The molecule has 3 rings (SSSR count). The molecular weight excluding hydrogens is 395 g/mol. The second-order valence-electron chi connectivity index (χ2n) is 6.07. The molecule has 9 nitrogen and oxygen atoms in total. The highest BCUT2D eigenvalue weighted by Crippen LogP contribution is 2.23. The number of nitrogens with zero attached hydrogens (tertiary/aromatic N) is 4. The van der Waals surface area contributed by atoms with Gasteiger partial charge in [-0.1, -0.05) is 34.5 Å². The normalized spacial score (nSPS) is 16.8. The van der Waals surface area contributed by atoms with Gasteiger partial charge in [-0.3, -0.25) is 14.4 Å². The van der Waals surface area contributed by atoms with Crippen LogP contribution in [0.2, 0.25) is 10.0 Å². The Hall–Kier alpha value is -2.52. The molecule has 1 fully saturated rings. The van der Waals surface area contributed by atoms with Crippen LogP contribution in [0.1, 0.15) is 17.8 Å². The summed E-state index contributed by atoms with van der Waals surface area (Å²) in [7, 11) is 0. The van der Waals surface area contributed by atoms with Gasteiger partial charge in [-0.05, 0) is 30.5 Å². The van der Waals surface area contributed by atoms with Gasteiger partial charge in [0.2, 0.25) is 11.7 Å². The van der Waals surface area contributed by atoms with E-state index in [0.717, 1.165) is 5.56 Å². The summed E-state index contributed by atoms with van der Waals surface area (Å²) in [5.74, 6) is -2.64. The van der Waals surface area contributed by atoms with E-state index in [4.69, 9.17) is 23.2 Å². The Labute approximate surface area is 164 Å². The Morgan fingerprint density at radius 3 is 2.81 bits per heavy atom. The van der Waals surface area contributed by atoms with Crippen LogP contribution in [0, 0.1) is 5.92 Å². The van der Waals surface area contributed by atoms with Crippen LogP contribution in [-0.2, 0) is 27.3 Å². The number of benzene rings is 1. The maximum absolute atomic E-state index is 12.3. The number of ketones is 1. The van der Waals surface area contributed by atoms with Gasteiger partial charge in [-0.25, -0.2) is 0 Å². The summed E-state index contributed by atoms with van der Waals surface area (Å²) in [6, 6.07) is 5.37. The lowest BCUT2D eigenvalue weighted by molar-refractivity contribution is -0.142. The van der Waals surface area contributed by atoms with Crippen molar-refractivity contribution in [1.29, 1.82) is 0 Å². The Bertz CT molecular complexity index is 858. The summed E-state index contributed by atoms with van der Waals surface area (Å²) in [6.07, 6.45) is 1.35. The largest absolute Gasteiger partial charge is 0.355 e. The van der Waals surface area contributed by atoms with Gasteiger partial charge in [0.25, 0.3) is 5.91 Å². The molecule has 1 aliphatic rings. The van der Waals surface area contributed by atoms with E-state index in [0.29, 0.717) is 29.4 Å². The molecule has 1 atom stereocenters. The number of halogens is 2. The summed E-state index contributed by atoms with van der Waals surface area (Å²) >= 11 is 11.8. The minimum absolute atomic E-state index is 0.00479. The van der Waals surface area contributed by atoms with Crippen molar-refractivity contribution in [2.24, 2.45) is 5.92 Å². The van der Waals surface area contributed by atoms with Crippen LogP contribution >= 0.6 is 23.2 Å². The first-order chi connectivity index (χ1) is 13.0. The molecule has 11 heteroatoms. The van der Waals surface area contributed by atoms with E-state index in [1.165, 1.54) is 4.90 Å². The van der Waals surface area contributed by atoms with E-state index in [9.17, 15) is 14.4 Å². The number of aromatic amines is 1. The molecule has 2 heterocycles. The number of aryl methyl sites for hydroxylation is 1. The second kappa shape index (κ2) is 8.45. The van der Waals surface area contributed by atoms with Gasteiger partial charge < -0.3 is 10.2 Å². The lowest BCUT2D eigenvalue weighted by Gasteiger charge is -2.13. The van der Waals surface area contributed by atoms with Crippen LogP contribution in [0.3, 0.4) is 0 Å². The zero-order chi connectivity index (χ0) is 19.4. The molecule has 0 radical (unpaired) electrons. The minimum Gasteiger partial charge on any atom is -0.355 e. The van der Waals surface area contributed by atoms with Crippen molar-refractivity contribution in [2.45, 2.75) is 19.4 Å². The molecule has 1 saturated heterocycles. The number of H-pyrrole nitrogens is 1. The van der Waals surface area contributed by atoms with Gasteiger partial charge in [-0.15, -0.1) is 10.2 Å². The predicted molar refractivity (Wildman–Crippen MR) is 95.9 cm³/mol. The molecule has 1 aromatic carbocycles. The van der Waals surface area contributed by atoms with Gasteiger partial charge in [0.1, 0.15) is 5.92 Å². The van der Waals surface area contributed by atoms with Crippen molar-refractivity contribution in [3.05, 3.63) is 39.6 Å². The Morgan fingerprint density at radius 1 is 1.30 bits per heavy atom. The van der Waals surface area contributed by atoms with Crippen molar-refractivity contribution in [3.8, 4) is 0 Å². The van der Waals surface area contributed by atoms with Crippen LogP contribution in [0.15, 0.2) is 18.2 Å². The summed E-state index contributed by atoms with van der Waals surface area (Å²) in [6.45, 7) is 0.412. The molecule has 0 aliphatic carbocycles. The summed E-state index contributed by atoms with van der Waals surface area (Å²) < 4.78 is 0. The molecule has 0 bridgehead atoms. The fraction of sp³-hybridized carbons (Fsp3) is 0.375. The predicted octanol–water partition coefficient (Wildman–Crippen LogP) is 0.783. The third-order valence-corrected chi connectivity index (χ3v) is 4.92. The number of nitrogens with one attached hydrogen (secondary N) is 2. The van der Waals surface area contributed by atoms with E-state index in [1.54, 1.807) is 12.1 Å². The number of carbonyl (C=O) groups excluding carboxylic acids is 3. The number of rotatable bonds is 7. The molecule has 0 saturated carbocycles. The van der Waals surface area contributed by atoms with E-state index >= 15 is 0 Å². The molecule has 1 unspecified atom stereocenters. The van der Waals surface area contributed by atoms with Crippen LogP contribution in [-0.4, -0.2) is 56.2 Å². The minimum atomic E-state index is -1.02. The van der Waals surface area contributed by atoms with E-state index in [1.807, 2.05) is 6.07 Å². The molecule has 27 heavy (non-hydrogen) atoms. The summed E-state index contributed by atoms with van der Waals surface area (Å²) in [5, 5.41) is 16.8. The maximum atomic E-state index is 12.3. The van der Waals surface area contributed by atoms with Crippen molar-refractivity contribution in [3.63, 3.8) is 0 Å². The molecule has 1 aliphatic heterocycles. The molecular formula is C16H16Cl2N6O3. The number of aromatic nitrogens is 4. The molecule has 0 spiro atoms. The van der Waals surface area contributed by atoms with E-state index in [2.05, 4.69) is 25.9 Å². The number of likely N-dealkylation sites (tertiary alicyclic amines) is 1. The topological polar surface area (TPSA) is 121 Å². The fourth-order valence-corrected chi connectivity index (χ4v) is 3.09. The standard InChI is InChI=1S/C16H16Cl2N6O3/c17-11-4-3-9(6-12(11)18)2-1-5-19-15(26)10-7-24(16(27)14(10)25)8-13-20-22-23-21-13/h3-4,6,10H,1-2,5,7-8H2,(H,19,26)(H,20,21,22,23). The Balaban J connectivity index is 1.46. The van der Waals surface area contributed by atoms with Crippen LogP contribution < -0.4 is 5.32 Å². The number of hydrogen-bond acceptors (Lipinski definition) is 6. The highest BCUT2D eigenvalue weighted by Gasteiger charge is 2.43. The molecule has 1 aromatic heterocycles. The first kappa shape index (κ1) is 19.2. The highest BCUT2D eigenvalue weighted by atomic mass is 35.5. The van der Waals surface area contributed by atoms with Crippen molar-refractivity contribution in [2.75, 3.05) is 13.1 Å². The number of amides is 2. The monoisotopic (exact) mass is 410 g/mol. The first-order valence-electron chi connectivity index (χ1n) is 8.23. The Morgan fingerprint density at radius 2 is 2.11 bits per heavy atom. The molecule has 2 N–H and O–H groups in total. The second-order valence-corrected chi connectivity index (χ2v) is 6.89. The van der Waals surface area contributed by atoms with Gasteiger partial charge in [0.15, 0.2) is 5.82 Å². The third-order valence-electron chi connectivity index (χ3n) is 4.18. The van der Waals surface area contributed by atoms with Crippen molar-refractivity contribution < 1.29 is 14.4 Å². The molecule has 2 aromatic rings. The lowest BCUT2D eigenvalue weighted by Crippen LogP contribution is -2.36. The summed E-state index contributed by atoms with van der Waals surface area (Å²) in [4.78, 5) is 37.6. The van der Waals surface area contributed by atoms with Gasteiger partial charge >= 0.3 is 0 Å². The zero-order valence-corrected chi connectivity index (χ0v) is 15.6. The summed E-state index contributed by atoms with van der Waals surface area (Å²) in [5.41, 5.74) is 0.997. The fourth-order valence-electron chi connectivity index (χ4n) is 2.77. The van der Waals surface area contributed by atoms with Crippen LogP contribution in [0.4, 0.5) is 0 Å². The number of hydrogen-bond donors (Lipinski definition) is 2. The number of carbonyl (C=O) groups is 3. The lowest BCUT2D eigenvalue weighted by atomic mass is 10.1. The van der Waals surface area contributed by atoms with E-state index in [-0.39, 0.29) is 18.9 Å². The van der Waals surface area contributed by atoms with Gasteiger partial charge in [-0.2, -0.15) is 5.21 Å². The maximum Gasteiger partial charge on any atom is 0.291 e. The zero-order valence-electron chi connectivity index (χ0n) is 14.1. The Kier molecular flexibility index (Phi) is 6.02. The first-order valence-corrected chi connectivity index (χ1v) is 8.98. The van der Waals surface area contributed by atoms with Crippen LogP contribution in [0.5, 0.6) is 0 Å². The van der Waals surface area contributed by atoms with Gasteiger partial charge in [0, 0.05) is 13.1 Å². The molecule has 2 amide bonds. The van der Waals surface area contributed by atoms with Gasteiger partial charge in [0.05, 0.1) is 16.6 Å². The highest BCUT2D eigenvalue weighted by molar-refractivity contribution is 6.42. The van der Waals surface area contributed by atoms with Crippen molar-refractivity contribution in [1.82, 2.24) is 30.8 Å². The molecule has 142 valence electrons. The van der Waals surface area contributed by atoms with Crippen LogP contribution in [0.25, 0.3) is 0 Å². The number of tetrazole rings is 1. The smallest absolute Gasteiger partial charge is 0.291 e.